The maximum absolute atomic E-state index is 12.8. The number of hydrogen-bond donors (Lipinski definition) is 1. The Hall–Kier alpha value is -8.01. The van der Waals surface area contributed by atoms with Crippen molar-refractivity contribution >= 4 is 46.6 Å². The number of likely N-dealkylation sites (tertiary alicyclic amines) is 2. The number of fused-ring (bicyclic) bond motifs is 2. The summed E-state index contributed by atoms with van der Waals surface area (Å²) in [5.41, 5.74) is 11.2. The molecule has 81 heavy (non-hydrogen) atoms. The van der Waals surface area contributed by atoms with Crippen molar-refractivity contribution in [3.8, 4) is 22.3 Å². The van der Waals surface area contributed by atoms with Crippen molar-refractivity contribution in [1.29, 1.82) is 0 Å². The Bertz CT molecular complexity index is 3370. The van der Waals surface area contributed by atoms with Crippen molar-refractivity contribution in [2.45, 2.75) is 117 Å². The first kappa shape index (κ1) is 59.1. The first-order valence-electron chi connectivity index (χ1n) is 28.0. The summed E-state index contributed by atoms with van der Waals surface area (Å²) in [7, 11) is 0. The van der Waals surface area contributed by atoms with Crippen LogP contribution in [0.3, 0.4) is 0 Å². The minimum atomic E-state index is -1.44. The number of rotatable bonds is 10. The van der Waals surface area contributed by atoms with E-state index in [0.29, 0.717) is 50.9 Å². The zero-order valence-electron chi connectivity index (χ0n) is 48.2. The standard InChI is InChI=1S/C31H34N4O3.C31H32N4O3.C2H6.Mn.2O/c2*1-31(2,3)38-30(37)35-16-6-7-23(19-35)26-14-13-25(27-18-32-20-34-29(26)27)21-9-11-22(12-10-21)28(36)17-24-8-4-5-15-33-24;1-2;;;/h4-5,8-15,18,23,34H,6-7,16-17,19-20H2,1-3H3;4-5,8-15,18,20,23H,6-7,16-17,19H2,1-3H3;1-2H3;;;/i;;1D;;;. The number of aromatic nitrogens is 4. The average Bonchev–Trinajstić information content (AvgIpc) is 3.55. The molecule has 0 bridgehead atoms. The molecule has 10 rings (SSSR count). The first-order valence-corrected chi connectivity index (χ1v) is 28.2. The minimum absolute atomic E-state index is 0.0330. The van der Waals surface area contributed by atoms with E-state index in [4.69, 9.17) is 18.5 Å². The summed E-state index contributed by atoms with van der Waals surface area (Å²) in [5.74, 6) is 0.451. The normalized spacial score (nSPS) is 15.8. The molecule has 3 aliphatic heterocycles. The van der Waals surface area contributed by atoms with Crippen LogP contribution in [0, 0.1) is 0 Å². The van der Waals surface area contributed by atoms with E-state index in [2.05, 4.69) is 54.5 Å². The first-order chi connectivity index (χ1) is 39.4. The van der Waals surface area contributed by atoms with Gasteiger partial charge in [0.25, 0.3) is 0 Å². The Morgan fingerprint density at radius 1 is 0.654 bits per heavy atom. The number of benzene rings is 4. The zero-order valence-corrected chi connectivity index (χ0v) is 48.4. The van der Waals surface area contributed by atoms with Crippen LogP contribution in [0.4, 0.5) is 15.3 Å². The molecule has 2 unspecified atom stereocenters. The molecule has 2 atom stereocenters. The second kappa shape index (κ2) is 28.4. The van der Waals surface area contributed by atoms with E-state index < -0.39 is 26.0 Å². The van der Waals surface area contributed by atoms with E-state index in [1.165, 1.54) is 5.56 Å². The summed E-state index contributed by atoms with van der Waals surface area (Å²) in [6.45, 7) is 16.8. The SMILES string of the molecule is CC(C)(C)OC(=O)N1CCCC(c2ccc(-c3ccc(C(=O)Cc4ccccn4)cc3)c3c2NCN=C3)C1.CC(C)(C)OC(=O)N1CCCC(c2ccc(-c3ccc(C(=O)Cc4ccccn4)cc3)c3cncnc23)C1.[2H]CC.[O]=[Mn]=[O]. The quantitative estimate of drug-likeness (QED) is 0.100. The number of hydrogen-bond acceptors (Lipinski definition) is 14. The third-order valence-corrected chi connectivity index (χ3v) is 13.7. The molecule has 6 heterocycles. The predicted molar refractivity (Wildman–Crippen MR) is 310 cm³/mol. The van der Waals surface area contributed by atoms with Gasteiger partial charge < -0.3 is 24.6 Å². The summed E-state index contributed by atoms with van der Waals surface area (Å²) < 4.78 is 34.3. The van der Waals surface area contributed by atoms with Crippen molar-refractivity contribution in [1.82, 2.24) is 29.7 Å². The van der Waals surface area contributed by atoms with Crippen LogP contribution in [-0.2, 0) is 44.8 Å². The topological polar surface area (TPSA) is 203 Å². The third-order valence-electron chi connectivity index (χ3n) is 13.7. The Labute approximate surface area is 482 Å². The van der Waals surface area contributed by atoms with E-state index >= 15 is 0 Å². The second-order valence-electron chi connectivity index (χ2n) is 21.7. The van der Waals surface area contributed by atoms with Crippen LogP contribution in [0.25, 0.3) is 33.2 Å². The number of ketones is 2. The molecule has 16 nitrogen and oxygen atoms in total. The number of pyridine rings is 2. The maximum atomic E-state index is 12.8. The number of carbonyl (C=O) groups is 4. The average molecular weight is 1140 g/mol. The van der Waals surface area contributed by atoms with Gasteiger partial charge in [0, 0.05) is 103 Å². The molecular formula is C64H72MnN8O8. The summed E-state index contributed by atoms with van der Waals surface area (Å²) >= 11 is -1.44. The van der Waals surface area contributed by atoms with Gasteiger partial charge in [-0.05, 0) is 125 Å². The van der Waals surface area contributed by atoms with Crippen molar-refractivity contribution < 1.29 is 52.5 Å². The molecular weight excluding hydrogens is 1060 g/mol. The monoisotopic (exact) mass is 1140 g/mol. The van der Waals surface area contributed by atoms with Gasteiger partial charge in [-0.1, -0.05) is 98.8 Å². The molecule has 423 valence electrons. The summed E-state index contributed by atoms with van der Waals surface area (Å²) in [5, 5.41) is 4.44. The van der Waals surface area contributed by atoms with Crippen LogP contribution in [0.5, 0.6) is 0 Å². The fraction of sp³-hybridized carbons (Fsp3) is 0.359. The molecule has 1 N–H and O–H groups in total. The molecule has 2 amide bonds. The number of carbonyl (C=O) groups excluding carboxylic acids is 4. The van der Waals surface area contributed by atoms with E-state index in [1.807, 2.05) is 144 Å². The van der Waals surface area contributed by atoms with Crippen LogP contribution in [-0.4, -0.2) is 104 Å². The molecule has 17 heteroatoms. The molecule has 0 radical (unpaired) electrons. The van der Waals surface area contributed by atoms with E-state index in [0.717, 1.165) is 87.0 Å². The Morgan fingerprint density at radius 3 is 1.63 bits per heavy atom. The van der Waals surface area contributed by atoms with Gasteiger partial charge in [-0.3, -0.25) is 24.5 Å². The molecule has 0 aliphatic carbocycles. The van der Waals surface area contributed by atoms with Crippen molar-refractivity contribution in [3.05, 3.63) is 173 Å². The van der Waals surface area contributed by atoms with Gasteiger partial charge in [0.1, 0.15) is 24.2 Å². The fourth-order valence-corrected chi connectivity index (χ4v) is 10.2. The fourth-order valence-electron chi connectivity index (χ4n) is 10.2. The van der Waals surface area contributed by atoms with Gasteiger partial charge in [0.05, 0.1) is 18.4 Å². The van der Waals surface area contributed by atoms with E-state index in [9.17, 15) is 19.2 Å². The zero-order chi connectivity index (χ0) is 58.8. The molecule has 4 aromatic carbocycles. The molecule has 3 aromatic heterocycles. The number of aliphatic imine (C=N–C) groups is 1. The van der Waals surface area contributed by atoms with Crippen LogP contribution in [0.1, 0.15) is 143 Å². The molecule has 0 spiro atoms. The van der Waals surface area contributed by atoms with Crippen LogP contribution < -0.4 is 5.32 Å². The number of anilines is 1. The summed E-state index contributed by atoms with van der Waals surface area (Å²) in [6, 6.07) is 35.1. The molecule has 2 saturated heterocycles. The molecule has 7 aromatic rings. The third kappa shape index (κ3) is 16.5. The van der Waals surface area contributed by atoms with Crippen LogP contribution >= 0.6 is 0 Å². The number of Topliss-reactive ketones (excluding diaryl/α,β-unsaturated/α-hetero) is 2. The molecule has 3 aliphatic rings. The van der Waals surface area contributed by atoms with Gasteiger partial charge >= 0.3 is 34.7 Å². The van der Waals surface area contributed by atoms with Crippen molar-refractivity contribution in [3.63, 3.8) is 0 Å². The Kier molecular flexibility index (Phi) is 20.7. The van der Waals surface area contributed by atoms with Gasteiger partial charge in [0.2, 0.25) is 0 Å². The number of nitrogens with zero attached hydrogens (tertiary/aromatic N) is 7. The van der Waals surface area contributed by atoms with Crippen LogP contribution in [0.2, 0.25) is 0 Å². The van der Waals surface area contributed by atoms with Gasteiger partial charge in [-0.2, -0.15) is 0 Å². The number of nitrogens with one attached hydrogen (secondary N) is 1. The van der Waals surface area contributed by atoms with Crippen molar-refractivity contribution in [2.24, 2.45) is 4.99 Å². The molecule has 0 saturated carbocycles. The Morgan fingerprint density at radius 2 is 1.14 bits per heavy atom. The van der Waals surface area contributed by atoms with E-state index in [1.54, 1.807) is 30.5 Å². The summed E-state index contributed by atoms with van der Waals surface area (Å²) in [4.78, 5) is 76.6. The van der Waals surface area contributed by atoms with Gasteiger partial charge in [-0.15, -0.1) is 0 Å². The number of amides is 2. The Balaban J connectivity index is 0.000000216. The number of piperidine rings is 2. The number of ether oxygens (including phenoxy) is 2. The van der Waals surface area contributed by atoms with Gasteiger partial charge in [-0.25, -0.2) is 19.6 Å². The van der Waals surface area contributed by atoms with E-state index in [-0.39, 0.29) is 48.4 Å². The predicted octanol–water partition coefficient (Wildman–Crippen LogP) is 13.1. The summed E-state index contributed by atoms with van der Waals surface area (Å²) in [6.07, 6.45) is 12.6. The van der Waals surface area contributed by atoms with Crippen molar-refractivity contribution in [2.75, 3.05) is 38.2 Å². The molecule has 2 fully saturated rings. The van der Waals surface area contributed by atoms with Crippen LogP contribution in [0.15, 0.2) is 139 Å². The van der Waals surface area contributed by atoms with Gasteiger partial charge in [0.15, 0.2) is 11.6 Å². The second-order valence-corrected chi connectivity index (χ2v) is 21.9.